The normalized spacial score (nSPS) is 17.7. The van der Waals surface area contributed by atoms with Crippen molar-refractivity contribution in [1.82, 2.24) is 15.1 Å². The van der Waals surface area contributed by atoms with Gasteiger partial charge in [-0.15, -0.1) is 5.10 Å². The fourth-order valence-electron chi connectivity index (χ4n) is 3.07. The molecule has 0 unspecified atom stereocenters. The molecule has 5 nitrogen and oxygen atoms in total. The summed E-state index contributed by atoms with van der Waals surface area (Å²) >= 11 is 6.00. The van der Waals surface area contributed by atoms with E-state index in [-0.39, 0.29) is 10.9 Å². The number of carbonyl (C=O) groups excluding carboxylic acids is 1. The van der Waals surface area contributed by atoms with Crippen LogP contribution in [-0.2, 0) is 0 Å². The summed E-state index contributed by atoms with van der Waals surface area (Å²) in [6.45, 7) is 2.50. The van der Waals surface area contributed by atoms with Crippen LogP contribution in [0.15, 0.2) is 30.3 Å². The minimum Gasteiger partial charge on any atom is -0.352 e. The van der Waals surface area contributed by atoms with Crippen LogP contribution in [0.5, 0.6) is 0 Å². The Morgan fingerprint density at radius 2 is 1.84 bits per heavy atom. The molecule has 1 aliphatic carbocycles. The average molecular weight is 361 g/mol. The molecule has 130 valence electrons. The molecule has 1 amide bonds. The fraction of sp³-hybridized carbons (Fsp3) is 0.389. The number of benzene rings is 1. The fourth-order valence-corrected chi connectivity index (χ4v) is 3.32. The molecule has 4 rings (SSSR count). The molecule has 0 spiro atoms. The Morgan fingerprint density at radius 1 is 1.08 bits per heavy atom. The van der Waals surface area contributed by atoms with Crippen LogP contribution in [0, 0.1) is 5.82 Å². The van der Waals surface area contributed by atoms with Crippen LogP contribution in [-0.4, -0.2) is 47.2 Å². The van der Waals surface area contributed by atoms with E-state index in [1.807, 2.05) is 6.07 Å². The van der Waals surface area contributed by atoms with Crippen molar-refractivity contribution in [2.45, 2.75) is 18.8 Å². The van der Waals surface area contributed by atoms with Gasteiger partial charge in [-0.05, 0) is 43.2 Å². The first-order valence-corrected chi connectivity index (χ1v) is 8.82. The average Bonchev–Trinajstić information content (AvgIpc) is 3.47. The highest BCUT2D eigenvalue weighted by molar-refractivity contribution is 6.33. The van der Waals surface area contributed by atoms with Crippen molar-refractivity contribution in [3.05, 3.63) is 52.4 Å². The molecule has 2 heterocycles. The minimum absolute atomic E-state index is 0.147. The predicted octanol–water partition coefficient (Wildman–Crippen LogP) is 3.11. The SMILES string of the molecule is O=C(c1ccc(F)cc1Cl)N1CCN(c2ccc(C3CC3)nn2)CC1. The predicted molar refractivity (Wildman–Crippen MR) is 93.5 cm³/mol. The van der Waals surface area contributed by atoms with Crippen molar-refractivity contribution < 1.29 is 9.18 Å². The first kappa shape index (κ1) is 16.3. The molecular weight excluding hydrogens is 343 g/mol. The van der Waals surface area contributed by atoms with E-state index in [4.69, 9.17) is 11.6 Å². The Bertz CT molecular complexity index is 786. The number of piperazine rings is 1. The van der Waals surface area contributed by atoms with E-state index in [0.29, 0.717) is 37.7 Å². The smallest absolute Gasteiger partial charge is 0.255 e. The summed E-state index contributed by atoms with van der Waals surface area (Å²) in [7, 11) is 0. The maximum absolute atomic E-state index is 13.1. The number of nitrogens with zero attached hydrogens (tertiary/aromatic N) is 4. The molecule has 0 radical (unpaired) electrons. The lowest BCUT2D eigenvalue weighted by Crippen LogP contribution is -2.49. The Kier molecular flexibility index (Phi) is 4.29. The number of halogens is 2. The molecular formula is C18H18ClFN4O. The topological polar surface area (TPSA) is 49.3 Å². The van der Waals surface area contributed by atoms with Crippen molar-refractivity contribution in [3.63, 3.8) is 0 Å². The molecule has 7 heteroatoms. The highest BCUT2D eigenvalue weighted by Gasteiger charge is 2.27. The van der Waals surface area contributed by atoms with Crippen molar-refractivity contribution in [2.24, 2.45) is 0 Å². The van der Waals surface area contributed by atoms with E-state index >= 15 is 0 Å². The van der Waals surface area contributed by atoms with Gasteiger partial charge in [0.15, 0.2) is 5.82 Å². The van der Waals surface area contributed by atoms with Crippen LogP contribution in [0.4, 0.5) is 10.2 Å². The molecule has 1 aliphatic heterocycles. The second-order valence-electron chi connectivity index (χ2n) is 6.49. The van der Waals surface area contributed by atoms with Gasteiger partial charge in [-0.1, -0.05) is 11.6 Å². The van der Waals surface area contributed by atoms with Crippen LogP contribution in [0.3, 0.4) is 0 Å². The van der Waals surface area contributed by atoms with Gasteiger partial charge in [0.1, 0.15) is 5.82 Å². The highest BCUT2D eigenvalue weighted by Crippen LogP contribution is 2.38. The first-order chi connectivity index (χ1) is 12.1. The lowest BCUT2D eigenvalue weighted by Gasteiger charge is -2.35. The van der Waals surface area contributed by atoms with Crippen molar-refractivity contribution in [2.75, 3.05) is 31.1 Å². The number of hydrogen-bond acceptors (Lipinski definition) is 4. The summed E-state index contributed by atoms with van der Waals surface area (Å²) in [5.74, 6) is 0.826. The van der Waals surface area contributed by atoms with Crippen molar-refractivity contribution in [3.8, 4) is 0 Å². The molecule has 25 heavy (non-hydrogen) atoms. The van der Waals surface area contributed by atoms with Crippen LogP contribution in [0.1, 0.15) is 34.8 Å². The third-order valence-electron chi connectivity index (χ3n) is 4.72. The molecule has 1 saturated carbocycles. The van der Waals surface area contributed by atoms with E-state index in [0.717, 1.165) is 11.5 Å². The third kappa shape index (κ3) is 3.44. The van der Waals surface area contributed by atoms with Gasteiger partial charge in [0, 0.05) is 32.1 Å². The van der Waals surface area contributed by atoms with Crippen molar-refractivity contribution in [1.29, 1.82) is 0 Å². The molecule has 2 aromatic rings. The second kappa shape index (κ2) is 6.59. The minimum atomic E-state index is -0.445. The number of aromatic nitrogens is 2. The van der Waals surface area contributed by atoms with Crippen molar-refractivity contribution >= 4 is 23.3 Å². The summed E-state index contributed by atoms with van der Waals surface area (Å²) < 4.78 is 13.1. The maximum Gasteiger partial charge on any atom is 0.255 e. The van der Waals surface area contributed by atoms with Gasteiger partial charge in [0.25, 0.3) is 5.91 Å². The highest BCUT2D eigenvalue weighted by atomic mass is 35.5. The van der Waals surface area contributed by atoms with Gasteiger partial charge >= 0.3 is 0 Å². The molecule has 0 atom stereocenters. The number of amides is 1. The van der Waals surface area contributed by atoms with Crippen LogP contribution >= 0.6 is 11.6 Å². The summed E-state index contributed by atoms with van der Waals surface area (Å²) in [6, 6.07) is 7.92. The lowest BCUT2D eigenvalue weighted by atomic mass is 10.1. The Balaban J connectivity index is 1.39. The zero-order valence-corrected chi connectivity index (χ0v) is 14.4. The lowest BCUT2D eigenvalue weighted by molar-refractivity contribution is 0.0746. The van der Waals surface area contributed by atoms with Crippen LogP contribution < -0.4 is 4.90 Å². The Morgan fingerprint density at radius 3 is 2.44 bits per heavy atom. The van der Waals surface area contributed by atoms with E-state index in [9.17, 15) is 9.18 Å². The number of carbonyl (C=O) groups is 1. The zero-order valence-electron chi connectivity index (χ0n) is 13.7. The zero-order chi connectivity index (χ0) is 17.4. The first-order valence-electron chi connectivity index (χ1n) is 8.45. The quantitative estimate of drug-likeness (QED) is 0.844. The van der Waals surface area contributed by atoms with E-state index < -0.39 is 5.82 Å². The van der Waals surface area contributed by atoms with E-state index in [2.05, 4.69) is 21.2 Å². The monoisotopic (exact) mass is 360 g/mol. The van der Waals surface area contributed by atoms with Gasteiger partial charge in [0.05, 0.1) is 16.3 Å². The van der Waals surface area contributed by atoms with E-state index in [1.165, 1.54) is 31.0 Å². The second-order valence-corrected chi connectivity index (χ2v) is 6.90. The summed E-state index contributed by atoms with van der Waals surface area (Å²) in [4.78, 5) is 16.4. The van der Waals surface area contributed by atoms with Gasteiger partial charge in [-0.25, -0.2) is 4.39 Å². The number of anilines is 1. The van der Waals surface area contributed by atoms with Gasteiger partial charge in [0.2, 0.25) is 0 Å². The standard InChI is InChI=1S/C18H18ClFN4O/c19-15-11-13(20)3-4-14(15)18(25)24-9-7-23(8-10-24)17-6-5-16(21-22-17)12-1-2-12/h3-6,11-12H,1-2,7-10H2. The van der Waals surface area contributed by atoms with Gasteiger partial charge in [-0.3, -0.25) is 4.79 Å². The molecule has 2 fully saturated rings. The van der Waals surface area contributed by atoms with Gasteiger partial charge < -0.3 is 9.80 Å². The number of hydrogen-bond donors (Lipinski definition) is 0. The largest absolute Gasteiger partial charge is 0.352 e. The van der Waals surface area contributed by atoms with Gasteiger partial charge in [-0.2, -0.15) is 5.10 Å². The Hall–Kier alpha value is -2.21. The molecule has 2 aliphatic rings. The maximum atomic E-state index is 13.1. The third-order valence-corrected chi connectivity index (χ3v) is 5.03. The Labute approximate surface area is 150 Å². The molecule has 0 N–H and O–H groups in total. The molecule has 1 saturated heterocycles. The summed E-state index contributed by atoms with van der Waals surface area (Å²) in [6.07, 6.45) is 2.42. The van der Waals surface area contributed by atoms with Crippen LogP contribution in [0.25, 0.3) is 0 Å². The van der Waals surface area contributed by atoms with E-state index in [1.54, 1.807) is 4.90 Å². The molecule has 1 aromatic heterocycles. The molecule has 1 aromatic carbocycles. The summed E-state index contributed by atoms with van der Waals surface area (Å²) in [5, 5.41) is 8.78. The summed E-state index contributed by atoms with van der Waals surface area (Å²) in [5.41, 5.74) is 1.41. The molecule has 0 bridgehead atoms. The van der Waals surface area contributed by atoms with Crippen LogP contribution in [0.2, 0.25) is 5.02 Å². The number of rotatable bonds is 3.